The van der Waals surface area contributed by atoms with E-state index in [9.17, 15) is 4.79 Å². The van der Waals surface area contributed by atoms with E-state index < -0.39 is 5.60 Å². The van der Waals surface area contributed by atoms with E-state index in [2.05, 4.69) is 16.5 Å². The third kappa shape index (κ3) is 3.28. The van der Waals surface area contributed by atoms with Gasteiger partial charge in [0.2, 0.25) is 0 Å². The Bertz CT molecular complexity index is 442. The first-order valence-electron chi connectivity index (χ1n) is 6.88. The van der Waals surface area contributed by atoms with Crippen LogP contribution in [0, 0.1) is 0 Å². The summed E-state index contributed by atoms with van der Waals surface area (Å²) in [5.74, 6) is 0.390. The molecule has 0 bridgehead atoms. The van der Waals surface area contributed by atoms with E-state index in [4.69, 9.17) is 4.74 Å². The van der Waals surface area contributed by atoms with Gasteiger partial charge in [0.05, 0.1) is 6.33 Å². The lowest BCUT2D eigenvalue weighted by Gasteiger charge is -2.39. The van der Waals surface area contributed by atoms with Crippen LogP contribution in [0.1, 0.15) is 45.7 Å². The maximum atomic E-state index is 11.8. The lowest BCUT2D eigenvalue weighted by Crippen LogP contribution is -2.50. The molecule has 0 spiro atoms. The molecule has 1 saturated heterocycles. The lowest BCUT2D eigenvalue weighted by atomic mass is 9.97. The van der Waals surface area contributed by atoms with E-state index >= 15 is 0 Å². The Balaban J connectivity index is 1.89. The highest BCUT2D eigenvalue weighted by Crippen LogP contribution is 2.28. The third-order valence-electron chi connectivity index (χ3n) is 3.16. The zero-order valence-corrected chi connectivity index (χ0v) is 12.2. The van der Waals surface area contributed by atoms with Crippen molar-refractivity contribution in [1.29, 1.82) is 0 Å². The number of amides is 1. The van der Waals surface area contributed by atoms with Crippen LogP contribution in [0.4, 0.5) is 4.79 Å². The van der Waals surface area contributed by atoms with E-state index in [1.54, 1.807) is 4.90 Å². The van der Waals surface area contributed by atoms with Crippen LogP contribution in [0.15, 0.2) is 12.5 Å². The number of carbonyl (C=O) groups excluding carboxylic acids is 1. The first kappa shape index (κ1) is 13.9. The van der Waals surface area contributed by atoms with Gasteiger partial charge < -0.3 is 14.2 Å². The summed E-state index contributed by atoms with van der Waals surface area (Å²) < 4.78 is 7.53. The van der Waals surface area contributed by atoms with Crippen LogP contribution in [0.3, 0.4) is 0 Å². The highest BCUT2D eigenvalue weighted by atomic mass is 16.6. The largest absolute Gasteiger partial charge is 0.444 e. The molecule has 1 aliphatic heterocycles. The number of ether oxygens (including phenoxy) is 1. The summed E-state index contributed by atoms with van der Waals surface area (Å²) >= 11 is 0. The minimum Gasteiger partial charge on any atom is -0.444 e. The Labute approximate surface area is 114 Å². The molecule has 0 aromatic carbocycles. The van der Waals surface area contributed by atoms with Crippen LogP contribution < -0.4 is 0 Å². The molecule has 2 heterocycles. The van der Waals surface area contributed by atoms with Gasteiger partial charge in [0.15, 0.2) is 0 Å². The van der Waals surface area contributed by atoms with Gasteiger partial charge in [0, 0.05) is 37.4 Å². The van der Waals surface area contributed by atoms with Gasteiger partial charge >= 0.3 is 6.09 Å². The van der Waals surface area contributed by atoms with Gasteiger partial charge in [-0.2, -0.15) is 0 Å². The fraction of sp³-hybridized carbons (Fsp3) is 0.714. The number of hydrogen-bond acceptors (Lipinski definition) is 3. The molecule has 0 N–H and O–H groups in total. The second kappa shape index (κ2) is 5.23. The topological polar surface area (TPSA) is 47.4 Å². The van der Waals surface area contributed by atoms with Gasteiger partial charge in [-0.05, 0) is 27.2 Å². The van der Waals surface area contributed by atoms with Crippen LogP contribution in [0.2, 0.25) is 0 Å². The minimum atomic E-state index is -0.424. The van der Waals surface area contributed by atoms with Gasteiger partial charge in [0.1, 0.15) is 5.60 Å². The maximum Gasteiger partial charge on any atom is 0.410 e. The van der Waals surface area contributed by atoms with Gasteiger partial charge in [-0.1, -0.05) is 6.92 Å². The van der Waals surface area contributed by atoms with Crippen LogP contribution in [-0.2, 0) is 11.3 Å². The molecule has 5 nitrogen and oxygen atoms in total. The summed E-state index contributed by atoms with van der Waals surface area (Å²) in [4.78, 5) is 17.8. The molecule has 0 atom stereocenters. The predicted octanol–water partition coefficient (Wildman–Crippen LogP) is 2.63. The molecule has 0 saturated carbocycles. The fourth-order valence-corrected chi connectivity index (χ4v) is 2.24. The Kier molecular flexibility index (Phi) is 3.83. The number of rotatable bonds is 3. The van der Waals surface area contributed by atoms with Gasteiger partial charge in [-0.25, -0.2) is 9.78 Å². The molecule has 1 aliphatic rings. The monoisotopic (exact) mass is 265 g/mol. The zero-order chi connectivity index (χ0) is 14.0. The summed E-state index contributed by atoms with van der Waals surface area (Å²) in [5, 5.41) is 0. The molecule has 1 aromatic rings. The van der Waals surface area contributed by atoms with Gasteiger partial charge in [0.25, 0.3) is 0 Å². The van der Waals surface area contributed by atoms with Crippen LogP contribution in [-0.4, -0.2) is 39.2 Å². The molecule has 19 heavy (non-hydrogen) atoms. The summed E-state index contributed by atoms with van der Waals surface area (Å²) in [6.07, 6.45) is 4.65. The average molecular weight is 265 g/mol. The Hall–Kier alpha value is -1.52. The molecule has 0 unspecified atom stereocenters. The molecule has 0 radical (unpaired) electrons. The zero-order valence-electron chi connectivity index (χ0n) is 12.2. The first-order valence-corrected chi connectivity index (χ1v) is 6.88. The summed E-state index contributed by atoms with van der Waals surface area (Å²) in [7, 11) is 0. The second-order valence-electron chi connectivity index (χ2n) is 6.09. The summed E-state index contributed by atoms with van der Waals surface area (Å²) in [6.45, 7) is 10.2. The molecule has 106 valence electrons. The summed E-state index contributed by atoms with van der Waals surface area (Å²) in [5.41, 5.74) is 0.799. The van der Waals surface area contributed by atoms with E-state index in [0.717, 1.165) is 26.1 Å². The van der Waals surface area contributed by atoms with Crippen molar-refractivity contribution >= 4 is 6.09 Å². The minimum absolute atomic E-state index is 0.217. The van der Waals surface area contributed by atoms with Crippen molar-refractivity contribution < 1.29 is 9.53 Å². The predicted molar refractivity (Wildman–Crippen MR) is 73.1 cm³/mol. The van der Waals surface area contributed by atoms with Crippen molar-refractivity contribution in [2.75, 3.05) is 13.1 Å². The molecule has 0 aliphatic carbocycles. The number of likely N-dealkylation sites (tertiary alicyclic amines) is 1. The number of imidazole rings is 1. The van der Waals surface area contributed by atoms with Crippen LogP contribution >= 0.6 is 0 Å². The number of nitrogens with zero attached hydrogens (tertiary/aromatic N) is 3. The smallest absolute Gasteiger partial charge is 0.410 e. The van der Waals surface area contributed by atoms with Crippen LogP contribution in [0.5, 0.6) is 0 Å². The average Bonchev–Trinajstić information content (AvgIpc) is 2.62. The third-order valence-corrected chi connectivity index (χ3v) is 3.16. The standard InChI is InChI=1S/C14H23N3O2/c1-5-6-16-10-15-7-12(16)11-8-17(9-11)13(18)19-14(2,3)4/h7,10-11H,5-6,8-9H2,1-4H3. The maximum absolute atomic E-state index is 11.8. The molecular weight excluding hydrogens is 242 g/mol. The van der Waals surface area contributed by atoms with Crippen molar-refractivity contribution in [3.63, 3.8) is 0 Å². The molecule has 2 rings (SSSR count). The highest BCUT2D eigenvalue weighted by molar-refractivity contribution is 5.69. The number of hydrogen-bond donors (Lipinski definition) is 0. The van der Waals surface area contributed by atoms with Crippen LogP contribution in [0.25, 0.3) is 0 Å². The number of aryl methyl sites for hydroxylation is 1. The highest BCUT2D eigenvalue weighted by Gasteiger charge is 2.35. The van der Waals surface area contributed by atoms with E-state index in [0.29, 0.717) is 5.92 Å². The number of aromatic nitrogens is 2. The van der Waals surface area contributed by atoms with Crippen molar-refractivity contribution in [3.8, 4) is 0 Å². The molecule has 1 aromatic heterocycles. The van der Waals surface area contributed by atoms with E-state index in [1.807, 2.05) is 33.3 Å². The first-order chi connectivity index (χ1) is 8.90. The van der Waals surface area contributed by atoms with Crippen molar-refractivity contribution in [2.45, 2.75) is 52.2 Å². The quantitative estimate of drug-likeness (QED) is 0.844. The van der Waals surface area contributed by atoms with E-state index in [-0.39, 0.29) is 6.09 Å². The van der Waals surface area contributed by atoms with Gasteiger partial charge in [-0.15, -0.1) is 0 Å². The SMILES string of the molecule is CCCn1cncc1C1CN(C(=O)OC(C)(C)C)C1. The second-order valence-corrected chi connectivity index (χ2v) is 6.09. The van der Waals surface area contributed by atoms with Crippen molar-refractivity contribution in [1.82, 2.24) is 14.5 Å². The number of carbonyl (C=O) groups is 1. The molecule has 1 fully saturated rings. The van der Waals surface area contributed by atoms with Gasteiger partial charge in [-0.3, -0.25) is 0 Å². The normalized spacial score (nSPS) is 16.3. The van der Waals surface area contributed by atoms with E-state index in [1.165, 1.54) is 5.69 Å². The molecule has 5 heteroatoms. The Morgan fingerprint density at radius 2 is 2.16 bits per heavy atom. The molecule has 1 amide bonds. The van der Waals surface area contributed by atoms with Crippen molar-refractivity contribution in [2.24, 2.45) is 0 Å². The molecular formula is C14H23N3O2. The fourth-order valence-electron chi connectivity index (χ4n) is 2.24. The summed E-state index contributed by atoms with van der Waals surface area (Å²) in [6, 6.07) is 0. The van der Waals surface area contributed by atoms with Crippen molar-refractivity contribution in [3.05, 3.63) is 18.2 Å². The Morgan fingerprint density at radius 1 is 1.47 bits per heavy atom. The lowest BCUT2D eigenvalue weighted by molar-refractivity contribution is 0.00758. The Morgan fingerprint density at radius 3 is 2.74 bits per heavy atom.